The fourth-order valence-electron chi connectivity index (χ4n) is 1.88. The molecule has 0 aliphatic carbocycles. The van der Waals surface area contributed by atoms with Crippen LogP contribution in [-0.4, -0.2) is 43.6 Å². The molecule has 3 N–H and O–H groups in total. The Kier molecular flexibility index (Phi) is 8.04. The van der Waals surface area contributed by atoms with E-state index in [-0.39, 0.29) is 6.54 Å². The second-order valence-electron chi connectivity index (χ2n) is 4.78. The van der Waals surface area contributed by atoms with Crippen molar-refractivity contribution in [2.45, 2.75) is 33.8 Å². The summed E-state index contributed by atoms with van der Waals surface area (Å²) in [5.74, 6) is 1.53. The minimum Gasteiger partial charge on any atom is -0.490 e. The Morgan fingerprint density at radius 2 is 1.61 bits per heavy atom. The number of benzene rings is 1. The van der Waals surface area contributed by atoms with E-state index in [1.54, 1.807) is 19.1 Å². The van der Waals surface area contributed by atoms with Gasteiger partial charge in [0.15, 0.2) is 11.5 Å². The predicted octanol–water partition coefficient (Wildman–Crippen LogP) is 2.39. The topological polar surface area (TPSA) is 89.1 Å². The first-order valence-electron chi connectivity index (χ1n) is 7.81. The number of carbonyl (C=O) groups excluding carboxylic acids is 1. The van der Waals surface area contributed by atoms with Crippen LogP contribution in [0.4, 0.5) is 10.5 Å². The Bertz CT molecular complexity index is 478. The number of aliphatic hydroxyl groups is 1. The standard InChI is InChI=1S/C16H26N2O5/c1-5-21-13-8-12(18-16(20)17-10-11(4)19)9-14(22-6-2)15(13)23-7-3/h8-9,11,19H,5-7,10H2,1-4H3,(H2,17,18,20). The van der Waals surface area contributed by atoms with Gasteiger partial charge >= 0.3 is 6.03 Å². The van der Waals surface area contributed by atoms with Crippen molar-refractivity contribution < 1.29 is 24.1 Å². The van der Waals surface area contributed by atoms with E-state index in [1.807, 2.05) is 20.8 Å². The van der Waals surface area contributed by atoms with Crippen LogP contribution < -0.4 is 24.8 Å². The number of anilines is 1. The molecule has 2 amide bonds. The lowest BCUT2D eigenvalue weighted by atomic mass is 10.2. The maximum atomic E-state index is 11.8. The van der Waals surface area contributed by atoms with E-state index in [1.165, 1.54) is 0 Å². The second-order valence-corrected chi connectivity index (χ2v) is 4.78. The Morgan fingerprint density at radius 1 is 1.09 bits per heavy atom. The quantitative estimate of drug-likeness (QED) is 0.648. The molecule has 1 unspecified atom stereocenters. The molecule has 1 atom stereocenters. The molecule has 0 fully saturated rings. The zero-order valence-corrected chi connectivity index (χ0v) is 14.1. The minimum absolute atomic E-state index is 0.166. The summed E-state index contributed by atoms with van der Waals surface area (Å²) in [6.45, 7) is 8.77. The average molecular weight is 326 g/mol. The van der Waals surface area contributed by atoms with E-state index in [0.29, 0.717) is 42.8 Å². The summed E-state index contributed by atoms with van der Waals surface area (Å²) < 4.78 is 16.8. The molecule has 23 heavy (non-hydrogen) atoms. The van der Waals surface area contributed by atoms with Crippen LogP contribution in [-0.2, 0) is 0 Å². The van der Waals surface area contributed by atoms with Crippen LogP contribution in [0, 0.1) is 0 Å². The lowest BCUT2D eigenvalue weighted by Crippen LogP contribution is -2.34. The smallest absolute Gasteiger partial charge is 0.319 e. The molecule has 0 aliphatic rings. The Balaban J connectivity index is 3.00. The highest BCUT2D eigenvalue weighted by Crippen LogP contribution is 2.40. The molecular formula is C16H26N2O5. The molecule has 0 aromatic heterocycles. The molecule has 0 heterocycles. The average Bonchev–Trinajstić information content (AvgIpc) is 2.49. The number of urea groups is 1. The fourth-order valence-corrected chi connectivity index (χ4v) is 1.88. The lowest BCUT2D eigenvalue weighted by Gasteiger charge is -2.17. The fraction of sp³-hybridized carbons (Fsp3) is 0.562. The molecule has 0 bridgehead atoms. The summed E-state index contributed by atoms with van der Waals surface area (Å²) in [5.41, 5.74) is 0.517. The SMILES string of the molecule is CCOc1cc(NC(=O)NCC(C)O)cc(OCC)c1OCC. The van der Waals surface area contributed by atoms with Gasteiger partial charge in [0.05, 0.1) is 31.6 Å². The van der Waals surface area contributed by atoms with Crippen LogP contribution in [0.1, 0.15) is 27.7 Å². The van der Waals surface area contributed by atoms with Crippen LogP contribution in [0.2, 0.25) is 0 Å². The Morgan fingerprint density at radius 3 is 2.04 bits per heavy atom. The molecule has 1 rings (SSSR count). The van der Waals surface area contributed by atoms with Crippen LogP contribution in [0.25, 0.3) is 0 Å². The first kappa shape index (κ1) is 18.9. The number of aliphatic hydroxyl groups excluding tert-OH is 1. The summed E-state index contributed by atoms with van der Waals surface area (Å²) >= 11 is 0. The first-order chi connectivity index (χ1) is 11.0. The molecule has 1 aromatic rings. The predicted molar refractivity (Wildman–Crippen MR) is 88.7 cm³/mol. The van der Waals surface area contributed by atoms with Crippen molar-refractivity contribution in [3.63, 3.8) is 0 Å². The summed E-state index contributed by atoms with van der Waals surface area (Å²) in [6.07, 6.45) is -0.612. The minimum atomic E-state index is -0.612. The molecule has 0 radical (unpaired) electrons. The van der Waals surface area contributed by atoms with Gasteiger partial charge in [-0.1, -0.05) is 0 Å². The maximum Gasteiger partial charge on any atom is 0.319 e. The number of hydrogen-bond donors (Lipinski definition) is 3. The van der Waals surface area contributed by atoms with Crippen molar-refractivity contribution in [3.05, 3.63) is 12.1 Å². The number of nitrogens with one attached hydrogen (secondary N) is 2. The van der Waals surface area contributed by atoms with Crippen molar-refractivity contribution in [3.8, 4) is 17.2 Å². The van der Waals surface area contributed by atoms with Gasteiger partial charge in [-0.3, -0.25) is 0 Å². The van der Waals surface area contributed by atoms with Gasteiger partial charge in [0, 0.05) is 18.7 Å². The van der Waals surface area contributed by atoms with Crippen LogP contribution >= 0.6 is 0 Å². The molecule has 1 aromatic carbocycles. The monoisotopic (exact) mass is 326 g/mol. The third-order valence-electron chi connectivity index (χ3n) is 2.73. The summed E-state index contributed by atoms with van der Waals surface area (Å²) in [6, 6.07) is 2.94. The van der Waals surface area contributed by atoms with Gasteiger partial charge in [0.2, 0.25) is 5.75 Å². The van der Waals surface area contributed by atoms with Crippen molar-refractivity contribution >= 4 is 11.7 Å². The van der Waals surface area contributed by atoms with Crippen LogP contribution in [0.15, 0.2) is 12.1 Å². The highest BCUT2D eigenvalue weighted by molar-refractivity contribution is 5.90. The number of ether oxygens (including phenoxy) is 3. The molecule has 130 valence electrons. The molecule has 0 saturated heterocycles. The first-order valence-corrected chi connectivity index (χ1v) is 7.81. The van der Waals surface area contributed by atoms with Gasteiger partial charge in [-0.25, -0.2) is 4.79 Å². The molecular weight excluding hydrogens is 300 g/mol. The highest BCUT2D eigenvalue weighted by Gasteiger charge is 2.16. The zero-order chi connectivity index (χ0) is 17.2. The number of carbonyl (C=O) groups is 1. The van der Waals surface area contributed by atoms with E-state index in [0.717, 1.165) is 0 Å². The number of rotatable bonds is 9. The molecule has 7 heteroatoms. The van der Waals surface area contributed by atoms with Crippen LogP contribution in [0.3, 0.4) is 0 Å². The Labute approximate surface area is 136 Å². The third-order valence-corrected chi connectivity index (χ3v) is 2.73. The van der Waals surface area contributed by atoms with E-state index in [2.05, 4.69) is 10.6 Å². The summed E-state index contributed by atoms with van der Waals surface area (Å²) in [7, 11) is 0. The van der Waals surface area contributed by atoms with E-state index in [4.69, 9.17) is 14.2 Å². The third kappa shape index (κ3) is 6.23. The van der Waals surface area contributed by atoms with Gasteiger partial charge in [-0.15, -0.1) is 0 Å². The van der Waals surface area contributed by atoms with Crippen molar-refractivity contribution in [2.24, 2.45) is 0 Å². The van der Waals surface area contributed by atoms with E-state index in [9.17, 15) is 9.90 Å². The number of amides is 2. The van der Waals surface area contributed by atoms with Gasteiger partial charge in [-0.05, 0) is 27.7 Å². The molecule has 0 aliphatic heterocycles. The van der Waals surface area contributed by atoms with Gasteiger partial charge < -0.3 is 30.0 Å². The maximum absolute atomic E-state index is 11.8. The second kappa shape index (κ2) is 9.78. The van der Waals surface area contributed by atoms with Crippen molar-refractivity contribution in [1.29, 1.82) is 0 Å². The van der Waals surface area contributed by atoms with Crippen molar-refractivity contribution in [2.75, 3.05) is 31.7 Å². The van der Waals surface area contributed by atoms with Gasteiger partial charge in [0.25, 0.3) is 0 Å². The summed E-state index contributed by atoms with van der Waals surface area (Å²) in [5, 5.41) is 14.4. The van der Waals surface area contributed by atoms with E-state index >= 15 is 0 Å². The van der Waals surface area contributed by atoms with Crippen molar-refractivity contribution in [1.82, 2.24) is 5.32 Å². The lowest BCUT2D eigenvalue weighted by molar-refractivity contribution is 0.190. The van der Waals surface area contributed by atoms with Crippen LogP contribution in [0.5, 0.6) is 17.2 Å². The van der Waals surface area contributed by atoms with Gasteiger partial charge in [-0.2, -0.15) is 0 Å². The largest absolute Gasteiger partial charge is 0.490 e. The van der Waals surface area contributed by atoms with E-state index < -0.39 is 12.1 Å². The number of hydrogen-bond acceptors (Lipinski definition) is 5. The Hall–Kier alpha value is -2.15. The summed E-state index contributed by atoms with van der Waals surface area (Å²) in [4.78, 5) is 11.8. The normalized spacial score (nSPS) is 11.5. The zero-order valence-electron chi connectivity index (χ0n) is 14.1. The molecule has 0 spiro atoms. The highest BCUT2D eigenvalue weighted by atomic mass is 16.5. The van der Waals surface area contributed by atoms with Gasteiger partial charge in [0.1, 0.15) is 0 Å². The molecule has 0 saturated carbocycles. The molecule has 7 nitrogen and oxygen atoms in total.